The average molecular weight is 370 g/mol. The Morgan fingerprint density at radius 2 is 2.04 bits per heavy atom. The minimum absolute atomic E-state index is 0.124. The number of amides is 2. The molecule has 0 saturated heterocycles. The Hall–Kier alpha value is -3.16. The maximum Gasteiger partial charge on any atom is 0.274 e. The summed E-state index contributed by atoms with van der Waals surface area (Å²) in [6.45, 7) is 3.48. The molecule has 27 heavy (non-hydrogen) atoms. The minimum atomic E-state index is -0.214. The number of benzene rings is 1. The Kier molecular flexibility index (Phi) is 6.19. The van der Waals surface area contributed by atoms with Crippen molar-refractivity contribution in [2.24, 2.45) is 0 Å². The predicted molar refractivity (Wildman–Crippen MR) is 97.3 cm³/mol. The predicted octanol–water partition coefficient (Wildman–Crippen LogP) is 1.76. The van der Waals surface area contributed by atoms with Gasteiger partial charge in [0.2, 0.25) is 12.7 Å². The maximum absolute atomic E-state index is 12.5. The molecule has 1 N–H and O–H groups in total. The standard InChI is InChI=1S/C19H22N4O4/c1-2-8-23(19(25)15-12-20-6-7-21-15)9-5-18(24)22-11-14-3-4-16-17(10-14)27-13-26-16/h3-4,6-7,10,12H,2,5,8-9,11,13H2,1H3,(H,22,24). The highest BCUT2D eigenvalue weighted by atomic mass is 16.7. The maximum atomic E-state index is 12.5. The summed E-state index contributed by atoms with van der Waals surface area (Å²) in [5.41, 5.74) is 1.21. The normalized spacial score (nSPS) is 11.9. The number of hydrogen-bond acceptors (Lipinski definition) is 6. The summed E-state index contributed by atoms with van der Waals surface area (Å²) in [7, 11) is 0. The Morgan fingerprint density at radius 3 is 2.81 bits per heavy atom. The van der Waals surface area contributed by atoms with Gasteiger partial charge in [-0.1, -0.05) is 13.0 Å². The van der Waals surface area contributed by atoms with Crippen LogP contribution in [-0.4, -0.2) is 46.6 Å². The first-order valence-electron chi connectivity index (χ1n) is 8.88. The largest absolute Gasteiger partial charge is 0.454 e. The van der Waals surface area contributed by atoms with E-state index in [2.05, 4.69) is 15.3 Å². The van der Waals surface area contributed by atoms with E-state index in [1.807, 2.05) is 25.1 Å². The summed E-state index contributed by atoms with van der Waals surface area (Å²) in [5, 5.41) is 2.87. The topological polar surface area (TPSA) is 93.7 Å². The number of hydrogen-bond donors (Lipinski definition) is 1. The molecule has 8 nitrogen and oxygen atoms in total. The van der Waals surface area contributed by atoms with Crippen LogP contribution in [0, 0.1) is 0 Å². The molecule has 0 aliphatic carbocycles. The first-order chi connectivity index (χ1) is 13.2. The van der Waals surface area contributed by atoms with Crippen molar-refractivity contribution in [3.05, 3.63) is 48.0 Å². The lowest BCUT2D eigenvalue weighted by Crippen LogP contribution is -2.36. The lowest BCUT2D eigenvalue weighted by molar-refractivity contribution is -0.121. The molecule has 2 heterocycles. The highest BCUT2D eigenvalue weighted by Gasteiger charge is 2.18. The summed E-state index contributed by atoms with van der Waals surface area (Å²) >= 11 is 0. The van der Waals surface area contributed by atoms with Gasteiger partial charge >= 0.3 is 0 Å². The average Bonchev–Trinajstić information content (AvgIpc) is 3.17. The van der Waals surface area contributed by atoms with Crippen molar-refractivity contribution in [3.8, 4) is 11.5 Å². The molecule has 0 unspecified atom stereocenters. The van der Waals surface area contributed by atoms with Gasteiger partial charge in [0.15, 0.2) is 11.5 Å². The Bertz CT molecular complexity index is 798. The molecule has 0 atom stereocenters. The first-order valence-corrected chi connectivity index (χ1v) is 8.88. The van der Waals surface area contributed by atoms with Crippen LogP contribution in [0.3, 0.4) is 0 Å². The first kappa shape index (κ1) is 18.6. The van der Waals surface area contributed by atoms with Gasteiger partial charge in [-0.25, -0.2) is 4.98 Å². The highest BCUT2D eigenvalue weighted by molar-refractivity contribution is 5.92. The van der Waals surface area contributed by atoms with Gasteiger partial charge < -0.3 is 19.7 Å². The van der Waals surface area contributed by atoms with E-state index in [9.17, 15) is 9.59 Å². The number of nitrogens with one attached hydrogen (secondary N) is 1. The lowest BCUT2D eigenvalue weighted by Gasteiger charge is -2.21. The number of ether oxygens (including phenoxy) is 2. The second-order valence-electron chi connectivity index (χ2n) is 6.10. The number of carbonyl (C=O) groups excluding carboxylic acids is 2. The number of fused-ring (bicyclic) bond motifs is 1. The van der Waals surface area contributed by atoms with Crippen LogP contribution in [0.5, 0.6) is 11.5 Å². The van der Waals surface area contributed by atoms with Crippen molar-refractivity contribution < 1.29 is 19.1 Å². The van der Waals surface area contributed by atoms with Crippen LogP contribution in [0.2, 0.25) is 0 Å². The molecule has 1 aromatic carbocycles. The van der Waals surface area contributed by atoms with E-state index in [-0.39, 0.29) is 30.7 Å². The van der Waals surface area contributed by atoms with Gasteiger partial charge in [-0.3, -0.25) is 14.6 Å². The van der Waals surface area contributed by atoms with E-state index in [1.54, 1.807) is 4.90 Å². The number of carbonyl (C=O) groups is 2. The minimum Gasteiger partial charge on any atom is -0.454 e. The van der Waals surface area contributed by atoms with Gasteiger partial charge in [0.05, 0.1) is 6.20 Å². The van der Waals surface area contributed by atoms with E-state index >= 15 is 0 Å². The molecule has 0 bridgehead atoms. The fourth-order valence-corrected chi connectivity index (χ4v) is 2.73. The molecular formula is C19H22N4O4. The number of nitrogens with zero attached hydrogens (tertiary/aromatic N) is 3. The number of rotatable bonds is 8. The van der Waals surface area contributed by atoms with E-state index in [0.29, 0.717) is 31.1 Å². The van der Waals surface area contributed by atoms with Crippen molar-refractivity contribution >= 4 is 11.8 Å². The molecular weight excluding hydrogens is 348 g/mol. The van der Waals surface area contributed by atoms with Gasteiger partial charge in [-0.05, 0) is 24.1 Å². The van der Waals surface area contributed by atoms with Crippen LogP contribution >= 0.6 is 0 Å². The molecule has 142 valence electrons. The third kappa shape index (κ3) is 4.93. The fraction of sp³-hybridized carbons (Fsp3) is 0.368. The molecule has 2 aromatic rings. The van der Waals surface area contributed by atoms with Crippen molar-refractivity contribution in [2.75, 3.05) is 19.9 Å². The fourth-order valence-electron chi connectivity index (χ4n) is 2.73. The third-order valence-electron chi connectivity index (χ3n) is 4.10. The molecule has 8 heteroatoms. The van der Waals surface area contributed by atoms with Gasteiger partial charge in [-0.15, -0.1) is 0 Å². The SMILES string of the molecule is CCCN(CCC(=O)NCc1ccc2c(c1)OCO2)C(=O)c1cnccn1. The Balaban J connectivity index is 1.49. The molecule has 1 aliphatic heterocycles. The van der Waals surface area contributed by atoms with Crippen LogP contribution in [0.25, 0.3) is 0 Å². The molecule has 2 amide bonds. The lowest BCUT2D eigenvalue weighted by atomic mass is 10.2. The van der Waals surface area contributed by atoms with Gasteiger partial charge in [0, 0.05) is 38.4 Å². The Labute approximate surface area is 157 Å². The van der Waals surface area contributed by atoms with Crippen LogP contribution in [0.1, 0.15) is 35.8 Å². The quantitative estimate of drug-likeness (QED) is 0.761. The Morgan fingerprint density at radius 1 is 1.19 bits per heavy atom. The van der Waals surface area contributed by atoms with Crippen LogP contribution in [0.15, 0.2) is 36.8 Å². The molecule has 3 rings (SSSR count). The molecule has 0 fully saturated rings. The zero-order valence-corrected chi connectivity index (χ0v) is 15.2. The van der Waals surface area contributed by atoms with E-state index in [4.69, 9.17) is 9.47 Å². The second-order valence-corrected chi connectivity index (χ2v) is 6.10. The zero-order chi connectivity index (χ0) is 19.1. The molecule has 0 saturated carbocycles. The van der Waals surface area contributed by atoms with Crippen LogP contribution in [0.4, 0.5) is 0 Å². The summed E-state index contributed by atoms with van der Waals surface area (Å²) < 4.78 is 10.6. The summed E-state index contributed by atoms with van der Waals surface area (Å²) in [4.78, 5) is 34.3. The highest BCUT2D eigenvalue weighted by Crippen LogP contribution is 2.32. The van der Waals surface area contributed by atoms with Gasteiger partial charge in [-0.2, -0.15) is 0 Å². The van der Waals surface area contributed by atoms with E-state index in [1.165, 1.54) is 18.6 Å². The molecule has 0 radical (unpaired) electrons. The summed E-state index contributed by atoms with van der Waals surface area (Å²) in [6, 6.07) is 5.56. The van der Waals surface area contributed by atoms with Crippen LogP contribution in [-0.2, 0) is 11.3 Å². The number of aromatic nitrogens is 2. The van der Waals surface area contributed by atoms with Crippen molar-refractivity contribution in [1.29, 1.82) is 0 Å². The van der Waals surface area contributed by atoms with Crippen molar-refractivity contribution in [2.45, 2.75) is 26.3 Å². The van der Waals surface area contributed by atoms with Crippen molar-refractivity contribution in [1.82, 2.24) is 20.2 Å². The monoisotopic (exact) mass is 370 g/mol. The third-order valence-corrected chi connectivity index (χ3v) is 4.10. The van der Waals surface area contributed by atoms with Crippen LogP contribution < -0.4 is 14.8 Å². The van der Waals surface area contributed by atoms with Crippen molar-refractivity contribution in [3.63, 3.8) is 0 Å². The summed E-state index contributed by atoms with van der Waals surface area (Å²) in [5.74, 6) is 1.06. The molecule has 1 aromatic heterocycles. The van der Waals surface area contributed by atoms with E-state index < -0.39 is 0 Å². The molecule has 1 aliphatic rings. The summed E-state index contributed by atoms with van der Waals surface area (Å²) in [6.07, 6.45) is 5.45. The second kappa shape index (κ2) is 8.98. The van der Waals surface area contributed by atoms with E-state index in [0.717, 1.165) is 12.0 Å². The molecule has 0 spiro atoms. The van der Waals surface area contributed by atoms with Gasteiger partial charge in [0.25, 0.3) is 5.91 Å². The van der Waals surface area contributed by atoms with Gasteiger partial charge in [0.1, 0.15) is 5.69 Å². The smallest absolute Gasteiger partial charge is 0.274 e. The zero-order valence-electron chi connectivity index (χ0n) is 15.2.